The predicted molar refractivity (Wildman–Crippen MR) is 106 cm³/mol. The number of nitrogens with zero attached hydrogens (tertiary/aromatic N) is 1. The van der Waals surface area contributed by atoms with Crippen LogP contribution < -0.4 is 20.1 Å². The van der Waals surface area contributed by atoms with E-state index < -0.39 is 9.84 Å². The zero-order valence-corrected chi connectivity index (χ0v) is 17.1. The Kier molecular flexibility index (Phi) is 9.26. The van der Waals surface area contributed by atoms with Gasteiger partial charge < -0.3 is 20.1 Å². The maximum atomic E-state index is 11.2. The Morgan fingerprint density at radius 3 is 2.42 bits per heavy atom. The van der Waals surface area contributed by atoms with Crippen LogP contribution >= 0.6 is 0 Å². The molecular formula is C18H31N3O4S. The van der Waals surface area contributed by atoms with Gasteiger partial charge in [-0.05, 0) is 44.9 Å². The summed E-state index contributed by atoms with van der Waals surface area (Å²) in [7, 11) is -1.26. The molecule has 1 atom stereocenters. The molecule has 1 unspecified atom stereocenters. The highest BCUT2D eigenvalue weighted by atomic mass is 32.2. The Morgan fingerprint density at radius 1 is 1.19 bits per heavy atom. The van der Waals surface area contributed by atoms with Crippen molar-refractivity contribution in [3.63, 3.8) is 0 Å². The lowest BCUT2D eigenvalue weighted by Crippen LogP contribution is -2.39. The van der Waals surface area contributed by atoms with Crippen LogP contribution in [-0.2, 0) is 9.84 Å². The average Bonchev–Trinajstić information content (AvgIpc) is 2.58. The van der Waals surface area contributed by atoms with Crippen LogP contribution in [0.15, 0.2) is 23.2 Å². The number of ether oxygens (including phenoxy) is 2. The molecule has 8 heteroatoms. The normalized spacial score (nSPS) is 13.2. The molecule has 0 fully saturated rings. The molecule has 2 N–H and O–H groups in total. The Bertz CT molecular complexity index is 690. The molecule has 0 aliphatic heterocycles. The molecular weight excluding hydrogens is 354 g/mol. The lowest BCUT2D eigenvalue weighted by molar-refractivity contribution is 0.287. The summed E-state index contributed by atoms with van der Waals surface area (Å²) in [5.74, 6) is 2.23. The molecule has 0 aliphatic rings. The van der Waals surface area contributed by atoms with Crippen molar-refractivity contribution in [2.24, 2.45) is 4.99 Å². The monoisotopic (exact) mass is 385 g/mol. The molecule has 7 nitrogen and oxygen atoms in total. The number of benzene rings is 1. The van der Waals surface area contributed by atoms with Crippen LogP contribution in [0.2, 0.25) is 0 Å². The average molecular weight is 386 g/mol. The standard InChI is InChI=1S/C18H31N3O4S/c1-6-24-16-10-9-15(13-17(16)25-7-2)14(3)21-18(19-4)20-11-8-12-26(5,22)23/h9-10,13-14H,6-8,11-12H2,1-5H3,(H2,19,20,21). The number of hydrogen-bond donors (Lipinski definition) is 2. The summed E-state index contributed by atoms with van der Waals surface area (Å²) >= 11 is 0. The van der Waals surface area contributed by atoms with Gasteiger partial charge in [0, 0.05) is 19.8 Å². The van der Waals surface area contributed by atoms with E-state index in [1.165, 1.54) is 6.26 Å². The van der Waals surface area contributed by atoms with Crippen molar-refractivity contribution < 1.29 is 17.9 Å². The smallest absolute Gasteiger partial charge is 0.191 e. The second-order valence-corrected chi connectivity index (χ2v) is 8.18. The molecule has 26 heavy (non-hydrogen) atoms. The van der Waals surface area contributed by atoms with Crippen LogP contribution in [0, 0.1) is 0 Å². The van der Waals surface area contributed by atoms with Gasteiger partial charge >= 0.3 is 0 Å². The summed E-state index contributed by atoms with van der Waals surface area (Å²) in [6.45, 7) is 7.58. The maximum Gasteiger partial charge on any atom is 0.191 e. The number of aliphatic imine (C=N–C) groups is 1. The Hall–Kier alpha value is -1.96. The second-order valence-electron chi connectivity index (χ2n) is 5.92. The van der Waals surface area contributed by atoms with Gasteiger partial charge in [0.15, 0.2) is 17.5 Å². The van der Waals surface area contributed by atoms with Crippen LogP contribution in [0.4, 0.5) is 0 Å². The van der Waals surface area contributed by atoms with Crippen molar-refractivity contribution in [1.29, 1.82) is 0 Å². The van der Waals surface area contributed by atoms with Crippen LogP contribution in [-0.4, -0.2) is 53.2 Å². The van der Waals surface area contributed by atoms with Gasteiger partial charge in [-0.1, -0.05) is 6.07 Å². The number of sulfone groups is 1. The van der Waals surface area contributed by atoms with Crippen LogP contribution in [0.3, 0.4) is 0 Å². The highest BCUT2D eigenvalue weighted by Gasteiger charge is 2.12. The van der Waals surface area contributed by atoms with E-state index in [0.717, 1.165) is 17.1 Å². The molecule has 0 aliphatic carbocycles. The molecule has 0 spiro atoms. The van der Waals surface area contributed by atoms with Gasteiger partial charge in [0.05, 0.1) is 25.0 Å². The van der Waals surface area contributed by atoms with Crippen LogP contribution in [0.25, 0.3) is 0 Å². The third-order valence-electron chi connectivity index (χ3n) is 3.63. The summed E-state index contributed by atoms with van der Waals surface area (Å²) in [6, 6.07) is 5.85. The Labute approximate surface area is 157 Å². The maximum absolute atomic E-state index is 11.2. The molecule has 0 amide bonds. The van der Waals surface area contributed by atoms with Gasteiger partial charge in [-0.2, -0.15) is 0 Å². The minimum Gasteiger partial charge on any atom is -0.490 e. The minimum atomic E-state index is -2.94. The SMILES string of the molecule is CCOc1ccc(C(C)NC(=NC)NCCCS(C)(=O)=O)cc1OCC. The van der Waals surface area contributed by atoms with E-state index in [1.807, 2.05) is 39.0 Å². The quantitative estimate of drug-likeness (QED) is 0.364. The van der Waals surface area contributed by atoms with Crippen molar-refractivity contribution in [3.8, 4) is 11.5 Å². The molecule has 0 saturated heterocycles. The van der Waals surface area contributed by atoms with E-state index in [4.69, 9.17) is 9.47 Å². The molecule has 0 heterocycles. The fourth-order valence-corrected chi connectivity index (χ4v) is 3.03. The first-order valence-electron chi connectivity index (χ1n) is 8.85. The van der Waals surface area contributed by atoms with Crippen LogP contribution in [0.5, 0.6) is 11.5 Å². The van der Waals surface area contributed by atoms with Crippen molar-refractivity contribution in [1.82, 2.24) is 10.6 Å². The number of rotatable bonds is 10. The molecule has 148 valence electrons. The van der Waals surface area contributed by atoms with Crippen LogP contribution in [0.1, 0.15) is 38.8 Å². The number of hydrogen-bond acceptors (Lipinski definition) is 5. The fraction of sp³-hybridized carbons (Fsp3) is 0.611. The Morgan fingerprint density at radius 2 is 1.85 bits per heavy atom. The Balaban J connectivity index is 2.69. The van der Waals surface area contributed by atoms with Crippen molar-refractivity contribution in [2.75, 3.05) is 38.8 Å². The molecule has 1 aromatic carbocycles. The molecule has 0 aromatic heterocycles. The first kappa shape index (κ1) is 22.1. The summed E-state index contributed by atoms with van der Waals surface area (Å²) in [6.07, 6.45) is 1.77. The summed E-state index contributed by atoms with van der Waals surface area (Å²) < 4.78 is 33.6. The van der Waals surface area contributed by atoms with Gasteiger partial charge in [0.1, 0.15) is 9.84 Å². The van der Waals surface area contributed by atoms with Gasteiger partial charge in [-0.3, -0.25) is 4.99 Å². The van der Waals surface area contributed by atoms with Gasteiger partial charge in [0.25, 0.3) is 0 Å². The zero-order valence-electron chi connectivity index (χ0n) is 16.3. The van der Waals surface area contributed by atoms with Gasteiger partial charge in [-0.25, -0.2) is 8.42 Å². The predicted octanol–water partition coefficient (Wildman–Crippen LogP) is 2.14. The molecule has 0 bridgehead atoms. The second kappa shape index (κ2) is 10.9. The van der Waals surface area contributed by atoms with E-state index in [0.29, 0.717) is 32.1 Å². The highest BCUT2D eigenvalue weighted by Crippen LogP contribution is 2.30. The zero-order chi connectivity index (χ0) is 19.6. The van der Waals surface area contributed by atoms with Gasteiger partial charge in [-0.15, -0.1) is 0 Å². The van der Waals surface area contributed by atoms with Crippen molar-refractivity contribution in [2.45, 2.75) is 33.2 Å². The molecule has 1 rings (SSSR count). The first-order chi connectivity index (χ1) is 12.3. The first-order valence-corrected chi connectivity index (χ1v) is 10.9. The lowest BCUT2D eigenvalue weighted by atomic mass is 10.1. The van der Waals surface area contributed by atoms with E-state index in [-0.39, 0.29) is 11.8 Å². The van der Waals surface area contributed by atoms with Crippen molar-refractivity contribution in [3.05, 3.63) is 23.8 Å². The number of nitrogens with one attached hydrogen (secondary N) is 2. The largest absolute Gasteiger partial charge is 0.490 e. The van der Waals surface area contributed by atoms with E-state index in [9.17, 15) is 8.42 Å². The van der Waals surface area contributed by atoms with Crippen molar-refractivity contribution >= 4 is 15.8 Å². The third kappa shape index (κ3) is 7.95. The van der Waals surface area contributed by atoms with Gasteiger partial charge in [0.2, 0.25) is 0 Å². The summed E-state index contributed by atoms with van der Waals surface area (Å²) in [5.41, 5.74) is 1.04. The number of guanidine groups is 1. The third-order valence-corrected chi connectivity index (χ3v) is 4.66. The van der Waals surface area contributed by atoms with E-state index in [1.54, 1.807) is 7.05 Å². The molecule has 1 aromatic rings. The topological polar surface area (TPSA) is 89.0 Å². The minimum absolute atomic E-state index is 0.00834. The highest BCUT2D eigenvalue weighted by molar-refractivity contribution is 7.90. The molecule has 0 saturated carbocycles. The fourth-order valence-electron chi connectivity index (χ4n) is 2.36. The lowest BCUT2D eigenvalue weighted by Gasteiger charge is -2.20. The summed E-state index contributed by atoms with van der Waals surface area (Å²) in [5, 5.41) is 6.43. The van der Waals surface area contributed by atoms with E-state index in [2.05, 4.69) is 15.6 Å². The summed E-state index contributed by atoms with van der Waals surface area (Å²) in [4.78, 5) is 4.18. The van der Waals surface area contributed by atoms with E-state index >= 15 is 0 Å². The molecule has 0 radical (unpaired) electrons.